The van der Waals surface area contributed by atoms with Crippen LogP contribution in [0.3, 0.4) is 0 Å². The van der Waals surface area contributed by atoms with Gasteiger partial charge in [-0.3, -0.25) is 0 Å². The number of alkyl halides is 2. The zero-order chi connectivity index (χ0) is 10.9. The fourth-order valence-corrected chi connectivity index (χ4v) is 2.78. The van der Waals surface area contributed by atoms with Crippen molar-refractivity contribution in [3.63, 3.8) is 0 Å². The topological polar surface area (TPSA) is 37.3 Å². The minimum Gasteiger partial charge on any atom is -0.477 e. The van der Waals surface area contributed by atoms with Crippen LogP contribution in [0.4, 0.5) is 8.78 Å². The van der Waals surface area contributed by atoms with Crippen LogP contribution in [0.15, 0.2) is 10.5 Å². The van der Waals surface area contributed by atoms with Crippen LogP contribution in [0.5, 0.6) is 0 Å². The van der Waals surface area contributed by atoms with E-state index in [2.05, 4.69) is 15.9 Å². The van der Waals surface area contributed by atoms with Crippen molar-refractivity contribution < 1.29 is 18.7 Å². The Hall–Kier alpha value is -0.490. The molecule has 0 bridgehead atoms. The van der Waals surface area contributed by atoms with Gasteiger partial charge in [-0.1, -0.05) is 0 Å². The smallest absolute Gasteiger partial charge is 0.374 e. The summed E-state index contributed by atoms with van der Waals surface area (Å²) in [6.45, 7) is 1.78. The molecular weight excluding hydrogens is 278 g/mol. The van der Waals surface area contributed by atoms with Crippen LogP contribution in [0.25, 0.3) is 0 Å². The molecule has 0 aliphatic rings. The van der Waals surface area contributed by atoms with Crippen LogP contribution in [0, 0.1) is 6.92 Å². The van der Waals surface area contributed by atoms with Crippen molar-refractivity contribution in [3.8, 4) is 0 Å². The Morgan fingerprint density at radius 1 is 1.71 bits per heavy atom. The highest BCUT2D eigenvalue weighted by molar-refractivity contribution is 9.10. The number of carbonyl (C=O) groups is 1. The lowest BCUT2D eigenvalue weighted by Crippen LogP contribution is -2.30. The number of aliphatic carboxylic acids is 1. The van der Waals surface area contributed by atoms with Crippen LogP contribution < -0.4 is 0 Å². The molecule has 78 valence electrons. The lowest BCUT2D eigenvalue weighted by atomic mass is 10.2. The average Bonchev–Trinajstić information content (AvgIpc) is 2.29. The van der Waals surface area contributed by atoms with Gasteiger partial charge in [0.15, 0.2) is 0 Å². The summed E-state index contributed by atoms with van der Waals surface area (Å²) in [5.74, 6) is -5.78. The first-order valence-corrected chi connectivity index (χ1v) is 5.30. The molecule has 6 heteroatoms. The monoisotopic (exact) mass is 284 g/mol. The van der Waals surface area contributed by atoms with E-state index in [1.807, 2.05) is 0 Å². The fraction of sp³-hybridized carbons (Fsp3) is 0.375. The van der Waals surface area contributed by atoms with Gasteiger partial charge in [-0.15, -0.1) is 11.3 Å². The van der Waals surface area contributed by atoms with Crippen molar-refractivity contribution in [1.29, 1.82) is 0 Å². The number of thiophene rings is 1. The van der Waals surface area contributed by atoms with Crippen molar-refractivity contribution in [2.75, 3.05) is 0 Å². The van der Waals surface area contributed by atoms with Gasteiger partial charge in [-0.2, -0.15) is 8.78 Å². The Kier molecular flexibility index (Phi) is 3.26. The summed E-state index contributed by atoms with van der Waals surface area (Å²) >= 11 is 4.27. The summed E-state index contributed by atoms with van der Waals surface area (Å²) in [6.07, 6.45) is -0.762. The maximum absolute atomic E-state index is 12.8. The van der Waals surface area contributed by atoms with Crippen molar-refractivity contribution in [2.24, 2.45) is 0 Å². The highest BCUT2D eigenvalue weighted by Gasteiger charge is 2.39. The Bertz CT molecular complexity index is 362. The van der Waals surface area contributed by atoms with Crippen molar-refractivity contribution >= 4 is 33.2 Å². The number of carboxylic acid groups (broad SMARTS) is 1. The predicted octanol–water partition coefficient (Wildman–Crippen LogP) is 3.08. The van der Waals surface area contributed by atoms with Gasteiger partial charge < -0.3 is 5.11 Å². The molecule has 0 saturated heterocycles. The van der Waals surface area contributed by atoms with Gasteiger partial charge in [0, 0.05) is 14.2 Å². The Morgan fingerprint density at radius 2 is 2.29 bits per heavy atom. The molecule has 0 unspecified atom stereocenters. The third kappa shape index (κ3) is 2.51. The number of aryl methyl sites for hydroxylation is 1. The SMILES string of the molecule is Cc1cc(Br)c(CC(F)(F)C(=O)O)s1. The van der Waals surface area contributed by atoms with Crippen molar-refractivity contribution in [3.05, 3.63) is 20.3 Å². The molecule has 0 amide bonds. The van der Waals surface area contributed by atoms with E-state index in [1.54, 1.807) is 13.0 Å². The summed E-state index contributed by atoms with van der Waals surface area (Å²) in [6, 6.07) is 1.69. The minimum atomic E-state index is -3.69. The summed E-state index contributed by atoms with van der Waals surface area (Å²) in [7, 11) is 0. The molecule has 0 aromatic carbocycles. The van der Waals surface area contributed by atoms with E-state index in [0.29, 0.717) is 9.35 Å². The average molecular weight is 285 g/mol. The number of hydrogen-bond donors (Lipinski definition) is 1. The predicted molar refractivity (Wildman–Crippen MR) is 53.0 cm³/mol. The van der Waals surface area contributed by atoms with E-state index in [1.165, 1.54) is 11.3 Å². The number of hydrogen-bond acceptors (Lipinski definition) is 2. The lowest BCUT2D eigenvalue weighted by molar-refractivity contribution is -0.164. The second-order valence-electron chi connectivity index (χ2n) is 2.81. The van der Waals surface area contributed by atoms with Crippen LogP contribution in [-0.4, -0.2) is 17.0 Å². The van der Waals surface area contributed by atoms with E-state index in [4.69, 9.17) is 5.11 Å². The summed E-state index contributed by atoms with van der Waals surface area (Å²) < 4.78 is 26.2. The molecule has 1 aromatic heterocycles. The molecule has 1 heterocycles. The van der Waals surface area contributed by atoms with E-state index >= 15 is 0 Å². The zero-order valence-corrected chi connectivity index (χ0v) is 9.58. The van der Waals surface area contributed by atoms with E-state index < -0.39 is 18.3 Å². The Morgan fingerprint density at radius 3 is 2.64 bits per heavy atom. The number of rotatable bonds is 3. The van der Waals surface area contributed by atoms with Gasteiger partial charge in [0.1, 0.15) is 0 Å². The third-order valence-electron chi connectivity index (χ3n) is 1.58. The number of halogens is 3. The third-order valence-corrected chi connectivity index (χ3v) is 3.60. The van der Waals surface area contributed by atoms with Crippen LogP contribution in [0.2, 0.25) is 0 Å². The molecule has 2 nitrogen and oxygen atoms in total. The molecule has 1 rings (SSSR count). The highest BCUT2D eigenvalue weighted by atomic mass is 79.9. The van der Waals surface area contributed by atoms with Gasteiger partial charge in [-0.05, 0) is 28.9 Å². The minimum absolute atomic E-state index is 0.356. The quantitative estimate of drug-likeness (QED) is 0.926. The molecule has 0 fully saturated rings. The first-order valence-electron chi connectivity index (χ1n) is 3.69. The van der Waals surface area contributed by atoms with Gasteiger partial charge in [0.2, 0.25) is 0 Å². The second kappa shape index (κ2) is 3.94. The molecule has 0 aliphatic carbocycles. The highest BCUT2D eigenvalue weighted by Crippen LogP contribution is 2.32. The molecular formula is C8H7BrF2O2S. The molecule has 0 saturated carbocycles. The fourth-order valence-electron chi connectivity index (χ4n) is 0.929. The standard InChI is InChI=1S/C8H7BrF2O2S/c1-4-2-5(9)6(14-4)3-8(10,11)7(12)13/h2H,3H2,1H3,(H,12,13). The molecule has 1 N–H and O–H groups in total. The van der Waals surface area contributed by atoms with Gasteiger partial charge in [-0.25, -0.2) is 4.79 Å². The van der Waals surface area contributed by atoms with Crippen LogP contribution in [0.1, 0.15) is 9.75 Å². The van der Waals surface area contributed by atoms with Gasteiger partial charge in [0.25, 0.3) is 0 Å². The van der Waals surface area contributed by atoms with E-state index in [-0.39, 0.29) is 0 Å². The second-order valence-corrected chi connectivity index (χ2v) is 5.01. The van der Waals surface area contributed by atoms with Crippen LogP contribution >= 0.6 is 27.3 Å². The molecule has 0 radical (unpaired) electrons. The zero-order valence-electron chi connectivity index (χ0n) is 7.18. The van der Waals surface area contributed by atoms with E-state index in [9.17, 15) is 13.6 Å². The number of carboxylic acids is 1. The van der Waals surface area contributed by atoms with E-state index in [0.717, 1.165) is 4.88 Å². The first kappa shape index (κ1) is 11.6. The summed E-state index contributed by atoms with van der Waals surface area (Å²) in [5.41, 5.74) is 0. The van der Waals surface area contributed by atoms with Gasteiger partial charge in [0.05, 0.1) is 6.42 Å². The first-order chi connectivity index (χ1) is 6.33. The molecule has 0 atom stereocenters. The van der Waals surface area contributed by atoms with Crippen molar-refractivity contribution in [2.45, 2.75) is 19.3 Å². The van der Waals surface area contributed by atoms with Gasteiger partial charge >= 0.3 is 11.9 Å². The Labute approximate surface area is 91.7 Å². The largest absolute Gasteiger partial charge is 0.477 e. The Balaban J connectivity index is 2.88. The molecule has 0 spiro atoms. The van der Waals surface area contributed by atoms with Crippen molar-refractivity contribution in [1.82, 2.24) is 0 Å². The normalized spacial score (nSPS) is 11.7. The lowest BCUT2D eigenvalue weighted by Gasteiger charge is -2.09. The molecule has 1 aromatic rings. The summed E-state index contributed by atoms with van der Waals surface area (Å²) in [4.78, 5) is 11.4. The molecule has 14 heavy (non-hydrogen) atoms. The summed E-state index contributed by atoms with van der Waals surface area (Å²) in [5, 5.41) is 8.24. The maximum atomic E-state index is 12.8. The van der Waals surface area contributed by atoms with Crippen LogP contribution in [-0.2, 0) is 11.2 Å². The molecule has 0 aliphatic heterocycles. The maximum Gasteiger partial charge on any atom is 0.374 e.